The average molecular weight is 198 g/mol. The van der Waals surface area contributed by atoms with Crippen molar-refractivity contribution in [3.63, 3.8) is 0 Å². The number of carbonyl (C=O) groups excluding carboxylic acids is 1. The second kappa shape index (κ2) is 4.11. The smallest absolute Gasteiger partial charge is 0.250 e. The van der Waals surface area contributed by atoms with Crippen molar-refractivity contribution in [1.29, 1.82) is 0 Å². The van der Waals surface area contributed by atoms with E-state index in [9.17, 15) is 4.79 Å². The number of nitrogens with two attached hydrogens (primary N) is 1. The summed E-state index contributed by atoms with van der Waals surface area (Å²) in [5.74, 6) is -0.267. The van der Waals surface area contributed by atoms with Gasteiger partial charge in [0, 0.05) is 6.04 Å². The van der Waals surface area contributed by atoms with Gasteiger partial charge in [0.1, 0.15) is 0 Å². The fraction of sp³-hybridized carbons (Fsp3) is 0.700. The lowest BCUT2D eigenvalue weighted by Crippen LogP contribution is -2.37. The van der Waals surface area contributed by atoms with Crippen LogP contribution in [0, 0.1) is 5.92 Å². The maximum absolute atomic E-state index is 11.5. The lowest BCUT2D eigenvalue weighted by molar-refractivity contribution is -0.148. The Bertz CT molecular complexity index is 243. The predicted octanol–water partition coefficient (Wildman–Crippen LogP) is 0.736. The molecule has 0 bridgehead atoms. The van der Waals surface area contributed by atoms with Crippen LogP contribution in [0.25, 0.3) is 0 Å². The van der Waals surface area contributed by atoms with E-state index < -0.39 is 0 Å². The first-order chi connectivity index (χ1) is 6.38. The number of rotatable bonds is 2. The molecule has 4 heteroatoms. The van der Waals surface area contributed by atoms with Crippen molar-refractivity contribution < 1.29 is 9.63 Å². The van der Waals surface area contributed by atoms with E-state index in [1.807, 2.05) is 32.9 Å². The summed E-state index contributed by atoms with van der Waals surface area (Å²) in [6.07, 6.45) is 4.34. The lowest BCUT2D eigenvalue weighted by Gasteiger charge is -2.20. The third kappa shape index (κ3) is 3.47. The van der Waals surface area contributed by atoms with Crippen LogP contribution in [0.2, 0.25) is 0 Å². The molecule has 0 heterocycles. The van der Waals surface area contributed by atoms with E-state index in [1.54, 1.807) is 0 Å². The van der Waals surface area contributed by atoms with Gasteiger partial charge in [-0.2, -0.15) is 0 Å². The molecule has 1 rings (SSSR count). The van der Waals surface area contributed by atoms with Gasteiger partial charge in [-0.3, -0.25) is 9.63 Å². The summed E-state index contributed by atoms with van der Waals surface area (Å²) in [6, 6.07) is 0.000358. The number of nitrogens with one attached hydrogen (secondary N) is 1. The third-order valence-corrected chi connectivity index (χ3v) is 1.91. The van der Waals surface area contributed by atoms with E-state index in [2.05, 4.69) is 5.48 Å². The molecule has 3 N–H and O–H groups in total. The van der Waals surface area contributed by atoms with Crippen LogP contribution in [-0.4, -0.2) is 17.6 Å². The van der Waals surface area contributed by atoms with Gasteiger partial charge in [-0.1, -0.05) is 12.2 Å². The average Bonchev–Trinajstić information content (AvgIpc) is 2.46. The molecule has 2 unspecified atom stereocenters. The molecule has 0 spiro atoms. The molecule has 1 aliphatic carbocycles. The van der Waals surface area contributed by atoms with Crippen molar-refractivity contribution in [2.75, 3.05) is 0 Å². The Balaban J connectivity index is 2.33. The Morgan fingerprint density at radius 3 is 2.57 bits per heavy atom. The van der Waals surface area contributed by atoms with Gasteiger partial charge in [0.2, 0.25) is 0 Å². The Labute approximate surface area is 84.4 Å². The van der Waals surface area contributed by atoms with Gasteiger partial charge < -0.3 is 5.73 Å². The molecule has 0 aromatic rings. The van der Waals surface area contributed by atoms with E-state index in [-0.39, 0.29) is 23.5 Å². The summed E-state index contributed by atoms with van der Waals surface area (Å²) in [4.78, 5) is 16.7. The van der Waals surface area contributed by atoms with Crippen LogP contribution < -0.4 is 11.2 Å². The standard InChI is InChI=1S/C10H18N2O2/c1-10(2,3)14-12-9(13)7-4-5-8(11)6-7/h4-5,7-8H,6,11H2,1-3H3,(H,12,13). The second-order valence-electron chi connectivity index (χ2n) is 4.57. The normalized spacial score (nSPS) is 26.6. The third-order valence-electron chi connectivity index (χ3n) is 1.91. The highest BCUT2D eigenvalue weighted by Crippen LogP contribution is 2.16. The first-order valence-corrected chi connectivity index (χ1v) is 4.80. The molecule has 0 aromatic heterocycles. The van der Waals surface area contributed by atoms with Gasteiger partial charge in [0.15, 0.2) is 0 Å². The van der Waals surface area contributed by atoms with Crippen LogP contribution in [0.5, 0.6) is 0 Å². The van der Waals surface area contributed by atoms with Crippen LogP contribution in [0.3, 0.4) is 0 Å². The van der Waals surface area contributed by atoms with Gasteiger partial charge in [0.05, 0.1) is 11.5 Å². The van der Waals surface area contributed by atoms with E-state index >= 15 is 0 Å². The minimum atomic E-state index is -0.361. The van der Waals surface area contributed by atoms with Crippen molar-refractivity contribution in [3.8, 4) is 0 Å². The number of carbonyl (C=O) groups is 1. The van der Waals surface area contributed by atoms with E-state index in [4.69, 9.17) is 10.6 Å². The van der Waals surface area contributed by atoms with Gasteiger partial charge >= 0.3 is 0 Å². The van der Waals surface area contributed by atoms with Crippen molar-refractivity contribution in [2.24, 2.45) is 11.7 Å². The van der Waals surface area contributed by atoms with Gasteiger partial charge in [-0.15, -0.1) is 0 Å². The van der Waals surface area contributed by atoms with Crippen LogP contribution in [0.15, 0.2) is 12.2 Å². The van der Waals surface area contributed by atoms with Crippen LogP contribution in [0.1, 0.15) is 27.2 Å². The van der Waals surface area contributed by atoms with Crippen LogP contribution >= 0.6 is 0 Å². The molecule has 4 nitrogen and oxygen atoms in total. The highest BCUT2D eigenvalue weighted by molar-refractivity contribution is 5.80. The molecular weight excluding hydrogens is 180 g/mol. The van der Waals surface area contributed by atoms with E-state index in [1.165, 1.54) is 0 Å². The molecule has 2 atom stereocenters. The van der Waals surface area contributed by atoms with E-state index in [0.29, 0.717) is 6.42 Å². The fourth-order valence-corrected chi connectivity index (χ4v) is 1.20. The first kappa shape index (κ1) is 11.2. The number of hydroxylamine groups is 1. The molecule has 1 aliphatic rings. The molecule has 80 valence electrons. The topological polar surface area (TPSA) is 64.3 Å². The largest absolute Gasteiger partial charge is 0.324 e. The van der Waals surface area contributed by atoms with Crippen LogP contribution in [-0.2, 0) is 9.63 Å². The maximum atomic E-state index is 11.5. The molecule has 14 heavy (non-hydrogen) atoms. The molecule has 0 radical (unpaired) electrons. The first-order valence-electron chi connectivity index (χ1n) is 4.80. The SMILES string of the molecule is CC(C)(C)ONC(=O)C1C=CC(N)C1. The van der Waals surface area contributed by atoms with Gasteiger partial charge in [-0.05, 0) is 27.2 Å². The lowest BCUT2D eigenvalue weighted by atomic mass is 10.1. The minimum absolute atomic E-state index is 0.000358. The van der Waals surface area contributed by atoms with Gasteiger partial charge in [0.25, 0.3) is 5.91 Å². The maximum Gasteiger partial charge on any atom is 0.250 e. The molecule has 0 aliphatic heterocycles. The number of amides is 1. The quantitative estimate of drug-likeness (QED) is 0.508. The molecular formula is C10H18N2O2. The zero-order valence-corrected chi connectivity index (χ0v) is 8.91. The summed E-state index contributed by atoms with van der Waals surface area (Å²) < 4.78 is 0. The number of hydrogen-bond donors (Lipinski definition) is 2. The summed E-state index contributed by atoms with van der Waals surface area (Å²) in [7, 11) is 0. The Morgan fingerprint density at radius 2 is 2.14 bits per heavy atom. The summed E-state index contributed by atoms with van der Waals surface area (Å²) >= 11 is 0. The van der Waals surface area contributed by atoms with Crippen molar-refractivity contribution in [1.82, 2.24) is 5.48 Å². The summed E-state index contributed by atoms with van der Waals surface area (Å²) in [6.45, 7) is 5.64. The zero-order chi connectivity index (χ0) is 10.8. The Hall–Kier alpha value is -0.870. The molecule has 0 aromatic carbocycles. The molecule has 1 amide bonds. The Kier molecular flexibility index (Phi) is 3.29. The van der Waals surface area contributed by atoms with E-state index in [0.717, 1.165) is 0 Å². The van der Waals surface area contributed by atoms with Crippen molar-refractivity contribution in [2.45, 2.75) is 38.8 Å². The predicted molar refractivity (Wildman–Crippen MR) is 54.2 cm³/mol. The molecule has 0 saturated carbocycles. The van der Waals surface area contributed by atoms with Crippen LogP contribution in [0.4, 0.5) is 0 Å². The van der Waals surface area contributed by atoms with Crippen molar-refractivity contribution in [3.05, 3.63) is 12.2 Å². The van der Waals surface area contributed by atoms with Crippen molar-refractivity contribution >= 4 is 5.91 Å². The molecule has 0 saturated heterocycles. The molecule has 0 fully saturated rings. The number of hydrogen-bond acceptors (Lipinski definition) is 3. The zero-order valence-electron chi connectivity index (χ0n) is 8.91. The summed E-state index contributed by atoms with van der Waals surface area (Å²) in [5.41, 5.74) is 7.72. The van der Waals surface area contributed by atoms with Gasteiger partial charge in [-0.25, -0.2) is 5.48 Å². The highest BCUT2D eigenvalue weighted by Gasteiger charge is 2.24. The fourth-order valence-electron chi connectivity index (χ4n) is 1.20. The Morgan fingerprint density at radius 1 is 1.50 bits per heavy atom. The summed E-state index contributed by atoms with van der Waals surface area (Å²) in [5, 5.41) is 0. The monoisotopic (exact) mass is 198 g/mol. The highest BCUT2D eigenvalue weighted by atomic mass is 16.7. The minimum Gasteiger partial charge on any atom is -0.324 e. The second-order valence-corrected chi connectivity index (χ2v) is 4.57.